The Morgan fingerprint density at radius 1 is 1.20 bits per heavy atom. The predicted molar refractivity (Wildman–Crippen MR) is 77.8 cm³/mol. The van der Waals surface area contributed by atoms with Gasteiger partial charge in [-0.15, -0.1) is 0 Å². The van der Waals surface area contributed by atoms with Crippen LogP contribution in [0, 0.1) is 12.7 Å². The summed E-state index contributed by atoms with van der Waals surface area (Å²) in [6.45, 7) is 2.29. The first-order valence-corrected chi connectivity index (χ1v) is 6.20. The van der Waals surface area contributed by atoms with Crippen LogP contribution in [0.4, 0.5) is 20.6 Å². The molecular weight excluding hydrogens is 257 g/mol. The topological polar surface area (TPSA) is 67.1 Å². The van der Waals surface area contributed by atoms with Crippen molar-refractivity contribution in [3.05, 3.63) is 59.4 Å². The van der Waals surface area contributed by atoms with E-state index in [9.17, 15) is 9.18 Å². The third-order valence-electron chi connectivity index (χ3n) is 3.03. The number of anilines is 2. The number of nitrogens with one attached hydrogen (secondary N) is 2. The van der Waals surface area contributed by atoms with E-state index in [1.165, 1.54) is 24.3 Å². The van der Waals surface area contributed by atoms with Crippen LogP contribution in [0.3, 0.4) is 0 Å². The molecule has 0 saturated carbocycles. The second-order valence-electron chi connectivity index (χ2n) is 4.45. The highest BCUT2D eigenvalue weighted by Gasteiger charge is 2.05. The van der Waals surface area contributed by atoms with Gasteiger partial charge in [0.05, 0.1) is 0 Å². The third-order valence-corrected chi connectivity index (χ3v) is 3.03. The van der Waals surface area contributed by atoms with Crippen molar-refractivity contribution < 1.29 is 9.18 Å². The molecule has 0 heterocycles. The van der Waals surface area contributed by atoms with Gasteiger partial charge >= 0.3 is 6.03 Å². The van der Waals surface area contributed by atoms with Crippen LogP contribution >= 0.6 is 0 Å². The summed E-state index contributed by atoms with van der Waals surface area (Å²) < 4.78 is 12.7. The number of rotatable bonds is 3. The van der Waals surface area contributed by atoms with Crippen molar-refractivity contribution in [1.82, 2.24) is 5.32 Å². The zero-order valence-corrected chi connectivity index (χ0v) is 11.1. The van der Waals surface area contributed by atoms with Crippen molar-refractivity contribution >= 4 is 17.4 Å². The van der Waals surface area contributed by atoms with Crippen molar-refractivity contribution in [1.29, 1.82) is 0 Å². The summed E-state index contributed by atoms with van der Waals surface area (Å²) in [4.78, 5) is 11.7. The molecule has 0 radical (unpaired) electrons. The first-order chi connectivity index (χ1) is 9.56. The Bertz CT molecular complexity index is 611. The normalized spacial score (nSPS) is 10.1. The van der Waals surface area contributed by atoms with Crippen molar-refractivity contribution in [3.8, 4) is 0 Å². The lowest BCUT2D eigenvalue weighted by molar-refractivity contribution is 0.251. The fraction of sp³-hybridized carbons (Fsp3) is 0.133. The highest BCUT2D eigenvalue weighted by molar-refractivity contribution is 5.89. The molecule has 4 N–H and O–H groups in total. The summed E-state index contributed by atoms with van der Waals surface area (Å²) in [6.07, 6.45) is 0. The van der Waals surface area contributed by atoms with E-state index in [0.29, 0.717) is 17.9 Å². The van der Waals surface area contributed by atoms with Crippen LogP contribution in [-0.4, -0.2) is 6.03 Å². The van der Waals surface area contributed by atoms with Crippen LogP contribution in [0.5, 0.6) is 0 Å². The number of hydrogen-bond acceptors (Lipinski definition) is 2. The molecule has 4 nitrogen and oxygen atoms in total. The number of hydrogen-bond donors (Lipinski definition) is 3. The smallest absolute Gasteiger partial charge is 0.319 e. The largest absolute Gasteiger partial charge is 0.399 e. The van der Waals surface area contributed by atoms with Gasteiger partial charge in [0.25, 0.3) is 0 Å². The molecule has 0 aliphatic carbocycles. The van der Waals surface area contributed by atoms with Crippen LogP contribution in [0.1, 0.15) is 11.1 Å². The number of urea groups is 1. The van der Waals surface area contributed by atoms with Gasteiger partial charge in [0.2, 0.25) is 0 Å². The van der Waals surface area contributed by atoms with Crippen LogP contribution in [-0.2, 0) is 6.54 Å². The molecule has 0 aromatic heterocycles. The Morgan fingerprint density at radius 3 is 2.60 bits per heavy atom. The number of benzene rings is 2. The number of nitrogens with two attached hydrogens (primary N) is 1. The average Bonchev–Trinajstić information content (AvgIpc) is 2.43. The second-order valence-corrected chi connectivity index (χ2v) is 4.45. The zero-order valence-electron chi connectivity index (χ0n) is 11.1. The van der Waals surface area contributed by atoms with Gasteiger partial charge in [-0.3, -0.25) is 0 Å². The monoisotopic (exact) mass is 273 g/mol. The van der Waals surface area contributed by atoms with Gasteiger partial charge in [-0.25, -0.2) is 9.18 Å². The number of carbonyl (C=O) groups excluding carboxylic acids is 1. The van der Waals surface area contributed by atoms with Crippen molar-refractivity contribution in [2.24, 2.45) is 0 Å². The molecule has 2 aromatic rings. The first kappa shape index (κ1) is 13.9. The molecule has 20 heavy (non-hydrogen) atoms. The summed E-state index contributed by atoms with van der Waals surface area (Å²) in [6, 6.07) is 10.8. The number of nitrogen functional groups attached to an aromatic ring is 1. The molecule has 2 rings (SSSR count). The Kier molecular flexibility index (Phi) is 4.20. The first-order valence-electron chi connectivity index (χ1n) is 6.20. The molecule has 0 atom stereocenters. The van der Waals surface area contributed by atoms with Crippen molar-refractivity contribution in [2.75, 3.05) is 11.1 Å². The van der Waals surface area contributed by atoms with Crippen molar-refractivity contribution in [2.45, 2.75) is 13.5 Å². The Balaban J connectivity index is 1.92. The lowest BCUT2D eigenvalue weighted by Crippen LogP contribution is -2.28. The Morgan fingerprint density at radius 2 is 1.90 bits per heavy atom. The van der Waals surface area contributed by atoms with Gasteiger partial charge in [0.1, 0.15) is 5.82 Å². The number of amides is 2. The minimum absolute atomic E-state index is 0.341. The van der Waals surface area contributed by atoms with Gasteiger partial charge in [-0.05, 0) is 48.4 Å². The predicted octanol–water partition coefficient (Wildman–Crippen LogP) is 3.04. The molecule has 2 aromatic carbocycles. The second kappa shape index (κ2) is 6.06. The SMILES string of the molecule is Cc1c(N)cccc1CNC(=O)Nc1ccc(F)cc1. The van der Waals surface area contributed by atoms with Crippen LogP contribution < -0.4 is 16.4 Å². The van der Waals surface area contributed by atoms with Gasteiger partial charge in [-0.2, -0.15) is 0 Å². The molecule has 0 spiro atoms. The van der Waals surface area contributed by atoms with Gasteiger partial charge < -0.3 is 16.4 Å². The van der Waals surface area contributed by atoms with Gasteiger partial charge in [0.15, 0.2) is 0 Å². The lowest BCUT2D eigenvalue weighted by atomic mass is 10.1. The molecule has 104 valence electrons. The zero-order chi connectivity index (χ0) is 14.5. The van der Waals surface area contributed by atoms with E-state index in [2.05, 4.69) is 10.6 Å². The van der Waals surface area contributed by atoms with Crippen LogP contribution in [0.15, 0.2) is 42.5 Å². The molecule has 0 bridgehead atoms. The molecular formula is C15H16FN3O. The maximum Gasteiger partial charge on any atom is 0.319 e. The van der Waals surface area contributed by atoms with Gasteiger partial charge in [0, 0.05) is 17.9 Å². The van der Waals surface area contributed by atoms with Crippen molar-refractivity contribution in [3.63, 3.8) is 0 Å². The molecule has 2 amide bonds. The highest BCUT2D eigenvalue weighted by Crippen LogP contribution is 2.15. The molecule has 0 fully saturated rings. The summed E-state index contributed by atoms with van der Waals surface area (Å²) in [5, 5.41) is 5.36. The quantitative estimate of drug-likeness (QED) is 0.752. The Hall–Kier alpha value is -2.56. The molecule has 0 unspecified atom stereocenters. The summed E-state index contributed by atoms with van der Waals surface area (Å²) in [5.41, 5.74) is 8.94. The summed E-state index contributed by atoms with van der Waals surface area (Å²) in [7, 11) is 0. The fourth-order valence-electron chi connectivity index (χ4n) is 1.78. The minimum Gasteiger partial charge on any atom is -0.399 e. The minimum atomic E-state index is -0.349. The molecule has 0 aliphatic heterocycles. The standard InChI is InChI=1S/C15H16FN3O/c1-10-11(3-2-4-14(10)17)9-18-15(20)19-13-7-5-12(16)6-8-13/h2-8H,9,17H2,1H3,(H2,18,19,20). The maximum absolute atomic E-state index is 12.7. The van der Waals surface area contributed by atoms with E-state index in [1.54, 1.807) is 0 Å². The van der Waals surface area contributed by atoms with Gasteiger partial charge in [-0.1, -0.05) is 12.1 Å². The lowest BCUT2D eigenvalue weighted by Gasteiger charge is -2.10. The van der Waals surface area contributed by atoms with E-state index < -0.39 is 0 Å². The molecule has 0 saturated heterocycles. The van der Waals surface area contributed by atoms with E-state index in [1.807, 2.05) is 25.1 Å². The highest BCUT2D eigenvalue weighted by atomic mass is 19.1. The maximum atomic E-state index is 12.7. The number of carbonyl (C=O) groups is 1. The molecule has 5 heteroatoms. The van der Waals surface area contributed by atoms with E-state index in [-0.39, 0.29) is 11.8 Å². The van der Waals surface area contributed by atoms with Crippen LogP contribution in [0.25, 0.3) is 0 Å². The number of halogens is 1. The Labute approximate surface area is 116 Å². The molecule has 0 aliphatic rings. The van der Waals surface area contributed by atoms with E-state index >= 15 is 0 Å². The fourth-order valence-corrected chi connectivity index (χ4v) is 1.78. The average molecular weight is 273 g/mol. The summed E-state index contributed by atoms with van der Waals surface area (Å²) in [5.74, 6) is -0.341. The van der Waals surface area contributed by atoms with E-state index in [4.69, 9.17) is 5.73 Å². The summed E-state index contributed by atoms with van der Waals surface area (Å²) >= 11 is 0. The van der Waals surface area contributed by atoms with Crippen LogP contribution in [0.2, 0.25) is 0 Å². The third kappa shape index (κ3) is 3.47. The van der Waals surface area contributed by atoms with E-state index in [0.717, 1.165) is 11.1 Å².